The first-order chi connectivity index (χ1) is 15.2. The average Bonchev–Trinajstić information content (AvgIpc) is 2.82. The molecule has 1 heterocycles. The lowest BCUT2D eigenvalue weighted by atomic mass is 9.90. The maximum Gasteiger partial charge on any atom is 0.318 e. The van der Waals surface area contributed by atoms with Crippen LogP contribution in [0.2, 0.25) is 0 Å². The average molecular weight is 415 g/mol. The van der Waals surface area contributed by atoms with Gasteiger partial charge >= 0.3 is 6.03 Å². The van der Waals surface area contributed by atoms with Gasteiger partial charge in [-0.05, 0) is 42.4 Å². The van der Waals surface area contributed by atoms with Gasteiger partial charge in [0.15, 0.2) is 0 Å². The molecule has 4 heteroatoms. The molecule has 4 nitrogen and oxygen atoms in total. The zero-order valence-electron chi connectivity index (χ0n) is 17.7. The van der Waals surface area contributed by atoms with Gasteiger partial charge in [-0.2, -0.15) is 0 Å². The summed E-state index contributed by atoms with van der Waals surface area (Å²) in [5.41, 5.74) is 3.51. The van der Waals surface area contributed by atoms with E-state index in [0.717, 1.165) is 31.2 Å². The number of rotatable bonds is 8. The first-order valence-electron chi connectivity index (χ1n) is 11.1. The molecule has 3 aromatic rings. The van der Waals surface area contributed by atoms with Crippen molar-refractivity contribution in [2.75, 3.05) is 0 Å². The molecule has 3 aromatic carbocycles. The minimum Gasteiger partial charge on any atom is -0.389 e. The molecule has 0 saturated carbocycles. The van der Waals surface area contributed by atoms with E-state index in [9.17, 15) is 9.90 Å². The van der Waals surface area contributed by atoms with E-state index in [1.165, 1.54) is 11.1 Å². The number of benzene rings is 3. The van der Waals surface area contributed by atoms with Crippen molar-refractivity contribution in [3.8, 4) is 0 Å². The molecule has 2 amide bonds. The number of carbonyl (C=O) groups excluding carboxylic acids is 1. The molecule has 2 N–H and O–H groups in total. The monoisotopic (exact) mass is 414 g/mol. The second kappa shape index (κ2) is 10.3. The van der Waals surface area contributed by atoms with Gasteiger partial charge in [0.2, 0.25) is 0 Å². The van der Waals surface area contributed by atoms with E-state index in [4.69, 9.17) is 0 Å². The third kappa shape index (κ3) is 5.53. The molecule has 0 unspecified atom stereocenters. The zero-order chi connectivity index (χ0) is 21.5. The summed E-state index contributed by atoms with van der Waals surface area (Å²) in [6, 6.07) is 29.9. The predicted octanol–water partition coefficient (Wildman–Crippen LogP) is 4.58. The Bertz CT molecular complexity index is 947. The third-order valence-electron chi connectivity index (χ3n) is 6.13. The summed E-state index contributed by atoms with van der Waals surface area (Å²) in [5, 5.41) is 14.4. The fraction of sp³-hybridized carbons (Fsp3) is 0.296. The lowest BCUT2D eigenvalue weighted by molar-refractivity contribution is 0.00659. The highest BCUT2D eigenvalue weighted by molar-refractivity contribution is 5.76. The number of amides is 2. The maximum atomic E-state index is 13.1. The first kappa shape index (κ1) is 21.1. The molecule has 31 heavy (non-hydrogen) atoms. The highest BCUT2D eigenvalue weighted by atomic mass is 16.3. The molecular weight excluding hydrogens is 384 g/mol. The van der Waals surface area contributed by atoms with Crippen molar-refractivity contribution in [3.05, 3.63) is 108 Å². The molecule has 0 spiro atoms. The fourth-order valence-electron chi connectivity index (χ4n) is 4.39. The van der Waals surface area contributed by atoms with Crippen molar-refractivity contribution in [2.24, 2.45) is 0 Å². The van der Waals surface area contributed by atoms with Gasteiger partial charge in [-0.1, -0.05) is 91.0 Å². The number of aliphatic hydroxyl groups is 1. The second-order valence-electron chi connectivity index (χ2n) is 8.28. The fourth-order valence-corrected chi connectivity index (χ4v) is 4.39. The molecule has 1 saturated heterocycles. The Morgan fingerprint density at radius 1 is 0.710 bits per heavy atom. The van der Waals surface area contributed by atoms with Gasteiger partial charge in [0, 0.05) is 6.54 Å². The van der Waals surface area contributed by atoms with Crippen LogP contribution in [0.3, 0.4) is 0 Å². The third-order valence-corrected chi connectivity index (χ3v) is 6.13. The number of hydrogen-bond donors (Lipinski definition) is 2. The van der Waals surface area contributed by atoms with E-state index in [1.807, 2.05) is 71.6 Å². The van der Waals surface area contributed by atoms with Crippen molar-refractivity contribution in [2.45, 2.75) is 50.4 Å². The van der Waals surface area contributed by atoms with Gasteiger partial charge < -0.3 is 15.3 Å². The van der Waals surface area contributed by atoms with Gasteiger partial charge in [0.05, 0.1) is 18.2 Å². The molecule has 1 aliphatic heterocycles. The van der Waals surface area contributed by atoms with Crippen molar-refractivity contribution in [1.29, 1.82) is 0 Å². The van der Waals surface area contributed by atoms with Crippen LogP contribution in [-0.2, 0) is 19.4 Å². The minimum absolute atomic E-state index is 0.0923. The maximum absolute atomic E-state index is 13.1. The van der Waals surface area contributed by atoms with E-state index >= 15 is 0 Å². The number of carbonyl (C=O) groups is 1. The van der Waals surface area contributed by atoms with E-state index in [2.05, 4.69) is 29.6 Å². The van der Waals surface area contributed by atoms with Crippen LogP contribution in [0.1, 0.15) is 29.5 Å². The Balaban J connectivity index is 1.49. The van der Waals surface area contributed by atoms with Crippen LogP contribution < -0.4 is 5.32 Å². The van der Waals surface area contributed by atoms with E-state index in [1.54, 1.807) is 0 Å². The molecule has 0 aliphatic carbocycles. The summed E-state index contributed by atoms with van der Waals surface area (Å²) in [6.45, 7) is 0.495. The number of aliphatic hydroxyl groups excluding tert-OH is 1. The van der Waals surface area contributed by atoms with Gasteiger partial charge in [-0.15, -0.1) is 0 Å². The van der Waals surface area contributed by atoms with Crippen LogP contribution in [0.4, 0.5) is 4.79 Å². The van der Waals surface area contributed by atoms with Crippen molar-refractivity contribution in [1.82, 2.24) is 10.2 Å². The van der Waals surface area contributed by atoms with Crippen LogP contribution in [0, 0.1) is 0 Å². The largest absolute Gasteiger partial charge is 0.389 e. The number of nitrogens with zero attached hydrogens (tertiary/aromatic N) is 1. The lowest BCUT2D eigenvalue weighted by Gasteiger charge is -2.44. The van der Waals surface area contributed by atoms with Crippen molar-refractivity contribution < 1.29 is 9.90 Å². The molecule has 0 bridgehead atoms. The number of nitrogens with one attached hydrogen (secondary N) is 1. The Kier molecular flexibility index (Phi) is 7.00. The molecule has 1 aliphatic rings. The van der Waals surface area contributed by atoms with Crippen LogP contribution in [0.15, 0.2) is 91.0 Å². The molecule has 3 atom stereocenters. The number of urea groups is 1. The molecule has 160 valence electrons. The molecular formula is C27H30N2O2. The molecule has 1 fully saturated rings. The first-order valence-corrected chi connectivity index (χ1v) is 11.1. The molecule has 0 aromatic heterocycles. The van der Waals surface area contributed by atoms with Crippen LogP contribution >= 0.6 is 0 Å². The van der Waals surface area contributed by atoms with E-state index < -0.39 is 6.10 Å². The Morgan fingerprint density at radius 2 is 1.19 bits per heavy atom. The predicted molar refractivity (Wildman–Crippen MR) is 124 cm³/mol. The van der Waals surface area contributed by atoms with E-state index in [-0.39, 0.29) is 18.1 Å². The molecule has 4 rings (SSSR count). The number of aryl methyl sites for hydroxylation is 2. The summed E-state index contributed by atoms with van der Waals surface area (Å²) < 4.78 is 0. The SMILES string of the molecule is O=C1N[C@H](CCc2ccccc2)[C@@H](O)[C@@H](CCc2ccccc2)N1Cc1ccccc1. The summed E-state index contributed by atoms with van der Waals surface area (Å²) in [6.07, 6.45) is 2.49. The van der Waals surface area contributed by atoms with E-state index in [0.29, 0.717) is 6.54 Å². The van der Waals surface area contributed by atoms with Gasteiger partial charge in [-0.25, -0.2) is 4.79 Å². The zero-order valence-corrected chi connectivity index (χ0v) is 17.7. The topological polar surface area (TPSA) is 52.6 Å². The quantitative estimate of drug-likeness (QED) is 0.567. The minimum atomic E-state index is -0.617. The van der Waals surface area contributed by atoms with Crippen molar-refractivity contribution in [3.63, 3.8) is 0 Å². The lowest BCUT2D eigenvalue weighted by Crippen LogP contribution is -2.64. The highest BCUT2D eigenvalue weighted by Crippen LogP contribution is 2.24. The van der Waals surface area contributed by atoms with Gasteiger partial charge in [0.25, 0.3) is 0 Å². The van der Waals surface area contributed by atoms with Gasteiger partial charge in [-0.3, -0.25) is 0 Å². The summed E-state index contributed by atoms with van der Waals surface area (Å²) in [7, 11) is 0. The Labute approximate surface area is 184 Å². The Morgan fingerprint density at radius 3 is 1.74 bits per heavy atom. The van der Waals surface area contributed by atoms with Crippen LogP contribution in [0.5, 0.6) is 0 Å². The van der Waals surface area contributed by atoms with Crippen molar-refractivity contribution >= 4 is 6.03 Å². The number of hydrogen-bond acceptors (Lipinski definition) is 2. The highest BCUT2D eigenvalue weighted by Gasteiger charge is 2.40. The normalized spacial score (nSPS) is 21.0. The second-order valence-corrected chi connectivity index (χ2v) is 8.28. The van der Waals surface area contributed by atoms with Gasteiger partial charge in [0.1, 0.15) is 0 Å². The summed E-state index contributed by atoms with van der Waals surface area (Å²) >= 11 is 0. The van der Waals surface area contributed by atoms with Crippen LogP contribution in [0.25, 0.3) is 0 Å². The molecule has 0 radical (unpaired) electrons. The smallest absolute Gasteiger partial charge is 0.318 e. The summed E-state index contributed by atoms with van der Waals surface area (Å²) in [5.74, 6) is 0. The van der Waals surface area contributed by atoms with Crippen LogP contribution in [-0.4, -0.2) is 34.2 Å². The summed E-state index contributed by atoms with van der Waals surface area (Å²) in [4.78, 5) is 14.9. The Hall–Kier alpha value is -3.11. The standard InChI is InChI=1S/C27H30N2O2/c30-26-24(18-16-21-10-4-1-5-11-21)28-27(31)29(20-23-14-8-3-9-15-23)25(26)19-17-22-12-6-2-7-13-22/h1-15,24-26,30H,16-20H2,(H,28,31)/t24-,25-,26-/m1/s1.